The summed E-state index contributed by atoms with van der Waals surface area (Å²) < 4.78 is 20.0. The van der Waals surface area contributed by atoms with Gasteiger partial charge in [-0.25, -0.2) is 14.4 Å². The molecular formula is C26H22O7. The molecule has 0 saturated carbocycles. The molecule has 0 heterocycles. The minimum absolute atomic E-state index is 0.310. The fourth-order valence-corrected chi connectivity index (χ4v) is 2.96. The van der Waals surface area contributed by atoms with E-state index in [1.54, 1.807) is 67.8 Å². The molecule has 0 aliphatic heterocycles. The molecule has 3 rings (SSSR count). The van der Waals surface area contributed by atoms with E-state index in [-0.39, 0.29) is 0 Å². The third kappa shape index (κ3) is 6.07. The first-order valence-corrected chi connectivity index (χ1v) is 9.95. The fourth-order valence-electron chi connectivity index (χ4n) is 2.96. The molecule has 0 aliphatic carbocycles. The van der Waals surface area contributed by atoms with E-state index in [0.29, 0.717) is 22.6 Å². The Morgan fingerprint density at radius 3 is 2.06 bits per heavy atom. The molecule has 168 valence electrons. The Hall–Kier alpha value is -4.39. The van der Waals surface area contributed by atoms with Crippen molar-refractivity contribution in [3.05, 3.63) is 96.1 Å². The van der Waals surface area contributed by atoms with E-state index in [1.165, 1.54) is 0 Å². The highest BCUT2D eigenvalue weighted by molar-refractivity contribution is 5.93. The molecule has 0 N–H and O–H groups in total. The van der Waals surface area contributed by atoms with Crippen molar-refractivity contribution in [2.75, 3.05) is 13.9 Å². The van der Waals surface area contributed by atoms with Crippen molar-refractivity contribution >= 4 is 17.9 Å². The maximum atomic E-state index is 12.6. The number of methoxy groups -OCH3 is 1. The summed E-state index contributed by atoms with van der Waals surface area (Å²) >= 11 is 0. The first-order valence-electron chi connectivity index (χ1n) is 9.95. The SMILES string of the molecule is C=CC(=O)OCOC(=O)c1ccc(-c2ccc(C(=O)Oc3ccc(OC)cc3)c(C)c2)cc1. The van der Waals surface area contributed by atoms with Crippen LogP contribution < -0.4 is 9.47 Å². The Morgan fingerprint density at radius 2 is 1.45 bits per heavy atom. The molecule has 7 heteroatoms. The van der Waals surface area contributed by atoms with E-state index in [0.717, 1.165) is 22.8 Å². The van der Waals surface area contributed by atoms with Crippen molar-refractivity contribution < 1.29 is 33.3 Å². The van der Waals surface area contributed by atoms with Crippen LogP contribution in [0.15, 0.2) is 79.4 Å². The van der Waals surface area contributed by atoms with Crippen LogP contribution >= 0.6 is 0 Å². The number of benzene rings is 3. The molecule has 7 nitrogen and oxygen atoms in total. The van der Waals surface area contributed by atoms with E-state index in [2.05, 4.69) is 11.3 Å². The minimum atomic E-state index is -0.676. The molecule has 0 radical (unpaired) electrons. The summed E-state index contributed by atoms with van der Waals surface area (Å²) in [4.78, 5) is 35.6. The molecule has 3 aromatic rings. The van der Waals surface area contributed by atoms with Crippen LogP contribution in [-0.2, 0) is 14.3 Å². The van der Waals surface area contributed by atoms with E-state index in [1.807, 2.05) is 13.0 Å². The molecule has 0 aromatic heterocycles. The molecule has 33 heavy (non-hydrogen) atoms. The highest BCUT2D eigenvalue weighted by Gasteiger charge is 2.14. The Balaban J connectivity index is 1.66. The number of aryl methyl sites for hydroxylation is 1. The largest absolute Gasteiger partial charge is 0.497 e. The van der Waals surface area contributed by atoms with Gasteiger partial charge in [-0.05, 0) is 66.1 Å². The average Bonchev–Trinajstić information content (AvgIpc) is 2.84. The smallest absolute Gasteiger partial charge is 0.343 e. The van der Waals surface area contributed by atoms with E-state index in [9.17, 15) is 14.4 Å². The Kier molecular flexibility index (Phi) is 7.60. The number of ether oxygens (including phenoxy) is 4. The van der Waals surface area contributed by atoms with Crippen molar-refractivity contribution in [1.82, 2.24) is 0 Å². The molecule has 0 unspecified atom stereocenters. The van der Waals surface area contributed by atoms with Crippen LogP contribution in [0, 0.1) is 6.92 Å². The van der Waals surface area contributed by atoms with Crippen molar-refractivity contribution in [1.29, 1.82) is 0 Å². The average molecular weight is 446 g/mol. The lowest BCUT2D eigenvalue weighted by molar-refractivity contribution is -0.146. The Labute approximate surface area is 191 Å². The lowest BCUT2D eigenvalue weighted by Gasteiger charge is -2.10. The summed E-state index contributed by atoms with van der Waals surface area (Å²) in [5.74, 6) is -0.660. The van der Waals surface area contributed by atoms with Crippen LogP contribution in [0.3, 0.4) is 0 Å². The lowest BCUT2D eigenvalue weighted by atomic mass is 9.99. The zero-order valence-corrected chi connectivity index (χ0v) is 18.2. The predicted octanol–water partition coefficient (Wildman–Crippen LogP) is 4.73. The quantitative estimate of drug-likeness (QED) is 0.214. The highest BCUT2D eigenvalue weighted by Crippen LogP contribution is 2.25. The van der Waals surface area contributed by atoms with Gasteiger partial charge in [0, 0.05) is 6.08 Å². The molecule has 0 saturated heterocycles. The zero-order chi connectivity index (χ0) is 23.8. The fraction of sp³-hybridized carbons (Fsp3) is 0.115. The maximum Gasteiger partial charge on any atom is 0.343 e. The topological polar surface area (TPSA) is 88.1 Å². The summed E-state index contributed by atoms with van der Waals surface area (Å²) in [6.07, 6.45) is 0.981. The minimum Gasteiger partial charge on any atom is -0.497 e. The first-order chi connectivity index (χ1) is 15.9. The van der Waals surface area contributed by atoms with Gasteiger partial charge >= 0.3 is 17.9 Å². The van der Waals surface area contributed by atoms with Gasteiger partial charge in [0.15, 0.2) is 0 Å². The zero-order valence-electron chi connectivity index (χ0n) is 18.2. The molecule has 0 aliphatic rings. The van der Waals surface area contributed by atoms with Crippen molar-refractivity contribution in [2.45, 2.75) is 6.92 Å². The van der Waals surface area contributed by atoms with Crippen molar-refractivity contribution in [2.24, 2.45) is 0 Å². The summed E-state index contributed by atoms with van der Waals surface area (Å²) in [6, 6.07) is 18.9. The molecule has 0 spiro atoms. The first kappa shape index (κ1) is 23.3. The highest BCUT2D eigenvalue weighted by atomic mass is 16.7. The summed E-state index contributed by atoms with van der Waals surface area (Å²) in [7, 11) is 1.56. The van der Waals surface area contributed by atoms with Gasteiger partial charge in [-0.15, -0.1) is 0 Å². The number of rotatable bonds is 8. The number of hydrogen-bond donors (Lipinski definition) is 0. The van der Waals surface area contributed by atoms with Gasteiger partial charge in [0.2, 0.25) is 6.79 Å². The Bertz CT molecular complexity index is 1160. The predicted molar refractivity (Wildman–Crippen MR) is 121 cm³/mol. The van der Waals surface area contributed by atoms with Crippen LogP contribution in [0.4, 0.5) is 0 Å². The van der Waals surface area contributed by atoms with Crippen molar-refractivity contribution in [3.63, 3.8) is 0 Å². The lowest BCUT2D eigenvalue weighted by Crippen LogP contribution is -2.11. The third-order valence-electron chi connectivity index (χ3n) is 4.73. The van der Waals surface area contributed by atoms with Gasteiger partial charge in [-0.2, -0.15) is 0 Å². The van der Waals surface area contributed by atoms with Crippen molar-refractivity contribution in [3.8, 4) is 22.6 Å². The van der Waals surface area contributed by atoms with Crippen LogP contribution in [0.25, 0.3) is 11.1 Å². The van der Waals surface area contributed by atoms with E-state index in [4.69, 9.17) is 14.2 Å². The summed E-state index contributed by atoms with van der Waals surface area (Å²) in [6.45, 7) is 4.59. The summed E-state index contributed by atoms with van der Waals surface area (Å²) in [5, 5.41) is 0. The standard InChI is InChI=1S/C26H22O7/c1-4-24(27)31-16-32-25(28)19-7-5-18(6-8-19)20-9-14-23(17(2)15-20)26(29)33-22-12-10-21(30-3)11-13-22/h4-15H,1,16H2,2-3H3. The molecule has 3 aromatic carbocycles. The van der Waals surface area contributed by atoms with Crippen LogP contribution in [0.1, 0.15) is 26.3 Å². The van der Waals surface area contributed by atoms with Gasteiger partial charge in [0.25, 0.3) is 0 Å². The Morgan fingerprint density at radius 1 is 0.818 bits per heavy atom. The molecular weight excluding hydrogens is 424 g/mol. The second-order valence-corrected chi connectivity index (χ2v) is 6.89. The van der Waals surface area contributed by atoms with E-state index >= 15 is 0 Å². The number of carbonyl (C=O) groups is 3. The second-order valence-electron chi connectivity index (χ2n) is 6.89. The van der Waals surface area contributed by atoms with Gasteiger partial charge in [-0.1, -0.05) is 30.8 Å². The maximum absolute atomic E-state index is 12.6. The number of esters is 3. The van der Waals surface area contributed by atoms with Gasteiger partial charge in [-0.3, -0.25) is 0 Å². The van der Waals surface area contributed by atoms with Gasteiger partial charge < -0.3 is 18.9 Å². The number of hydrogen-bond acceptors (Lipinski definition) is 7. The second kappa shape index (κ2) is 10.8. The monoisotopic (exact) mass is 446 g/mol. The molecule has 0 atom stereocenters. The van der Waals surface area contributed by atoms with Gasteiger partial charge in [0.05, 0.1) is 18.2 Å². The van der Waals surface area contributed by atoms with Crippen LogP contribution in [-0.4, -0.2) is 31.8 Å². The molecule has 0 bridgehead atoms. The summed E-state index contributed by atoms with van der Waals surface area (Å²) in [5.41, 5.74) is 3.23. The van der Waals surface area contributed by atoms with Gasteiger partial charge in [0.1, 0.15) is 11.5 Å². The normalized spacial score (nSPS) is 10.1. The molecule has 0 fully saturated rings. The third-order valence-corrected chi connectivity index (χ3v) is 4.73. The van der Waals surface area contributed by atoms with E-state index < -0.39 is 24.7 Å². The number of carbonyl (C=O) groups excluding carboxylic acids is 3. The van der Waals surface area contributed by atoms with Crippen LogP contribution in [0.5, 0.6) is 11.5 Å². The molecule has 0 amide bonds. The van der Waals surface area contributed by atoms with Crippen LogP contribution in [0.2, 0.25) is 0 Å².